The van der Waals surface area contributed by atoms with Gasteiger partial charge in [0.15, 0.2) is 0 Å². The number of nitrogens with zero attached hydrogens (tertiary/aromatic N) is 2. The number of hydrogen-bond donors (Lipinski definition) is 0. The predicted octanol–water partition coefficient (Wildman–Crippen LogP) is 11.8. The molecule has 2 aliphatic heterocycles. The van der Waals surface area contributed by atoms with Crippen LogP contribution < -0.4 is 24.9 Å². The molecular formula is C43H53Cl2CoDyN2O12P3S6. The SMILES string of the molecule is CCOP([O-])OCC.CCOP([O-])OCC.CCOP([O-])OCC.CSC1=C(SC)SC(=C2Sc3cc(N=Cc4cc(Cl)ccc4[O-])c(N=Cc4cc(Cl)ccc4[O-])cc3S2)S1.O.[Co+3].[Dy+3].c1cc[cH-]c1. The number of aliphatic imine (C=N–C) groups is 2. The van der Waals surface area contributed by atoms with Gasteiger partial charge in [-0.3, -0.25) is 9.98 Å². The fraction of sp³-hybridized carbons (Fsp3) is 0.326. The number of thioether (sulfide) groups is 6. The van der Waals surface area contributed by atoms with Gasteiger partial charge in [-0.05, 0) is 102 Å². The molecule has 0 aromatic heterocycles. The first-order valence-electron chi connectivity index (χ1n) is 20.1. The molecule has 0 aliphatic carbocycles. The van der Waals surface area contributed by atoms with Gasteiger partial charge in [0.05, 0.1) is 54.1 Å². The van der Waals surface area contributed by atoms with E-state index >= 15 is 0 Å². The standard InChI is InChI=1S/C26H18Cl2N2O2S6.C5H5.3C4H10O3P.Co.Dy.H2O/c1-33-23-24(34-2)38-26(37-23)25-35-21-9-17(29-11-13-7-15(27)3-5-19(13)31)18(10-22(21)36-25)30-12-14-8-16(28)4-6-20(14)32;1-2-4-5-3-1;3*1-3-6-8(5)7-4-2;;;/h3-12,31-32H,1-2H3;1-5H;3*3-4H2,1-2H3;;;1H2/q;4*-1;2*+3;/p-2. The van der Waals surface area contributed by atoms with Crippen molar-refractivity contribution in [1.29, 1.82) is 0 Å². The molecule has 14 nitrogen and oxygen atoms in total. The summed E-state index contributed by atoms with van der Waals surface area (Å²) in [6, 6.07) is 23.1. The second-order valence-corrected chi connectivity index (χ2v) is 22.4. The quantitative estimate of drug-likeness (QED) is 0.0512. The van der Waals surface area contributed by atoms with Gasteiger partial charge in [-0.25, -0.2) is 12.1 Å². The fourth-order valence-corrected chi connectivity index (χ4v) is 14.1. The van der Waals surface area contributed by atoms with Crippen molar-refractivity contribution in [3.63, 3.8) is 0 Å². The monoisotopic (exact) mass is 1370 g/mol. The summed E-state index contributed by atoms with van der Waals surface area (Å²) in [7, 11) is -5.49. The van der Waals surface area contributed by atoms with E-state index in [-0.39, 0.29) is 71.9 Å². The summed E-state index contributed by atoms with van der Waals surface area (Å²) in [4.78, 5) is 42.4. The van der Waals surface area contributed by atoms with Crippen LogP contribution in [0.1, 0.15) is 52.7 Å². The predicted molar refractivity (Wildman–Crippen MR) is 287 cm³/mol. The van der Waals surface area contributed by atoms with E-state index in [0.717, 1.165) is 9.79 Å². The Balaban J connectivity index is 0. The summed E-state index contributed by atoms with van der Waals surface area (Å²) in [5, 5.41) is 25.5. The molecule has 0 atom stereocenters. The van der Waals surface area contributed by atoms with Gasteiger partial charge in [-0.15, -0.1) is 23.5 Å². The maximum absolute atomic E-state index is 12.3. The van der Waals surface area contributed by atoms with Crippen LogP contribution in [0.25, 0.3) is 0 Å². The van der Waals surface area contributed by atoms with Crippen molar-refractivity contribution in [3.8, 4) is 11.5 Å². The first-order chi connectivity index (χ1) is 32.3. The Hall–Kier alpha value is 0.779. The summed E-state index contributed by atoms with van der Waals surface area (Å²) in [6.45, 7) is 13.3. The molecule has 4 aromatic carbocycles. The summed E-state index contributed by atoms with van der Waals surface area (Å²) in [5.41, 5.74) is 1.92. The number of benzene rings is 3. The minimum absolute atomic E-state index is 0. The zero-order valence-electron chi connectivity index (χ0n) is 39.0. The van der Waals surface area contributed by atoms with Crippen LogP contribution in [0, 0.1) is 38.2 Å². The minimum Gasteiger partial charge on any atom is -0.872 e. The first-order valence-corrected chi connectivity index (χ1v) is 29.9. The third-order valence-corrected chi connectivity index (χ3v) is 18.7. The molecule has 0 saturated heterocycles. The molecule has 0 bridgehead atoms. The Labute approximate surface area is 492 Å². The molecule has 2 heterocycles. The molecule has 2 N–H and O–H groups in total. The van der Waals surface area contributed by atoms with E-state index in [1.807, 2.05) is 66.0 Å². The van der Waals surface area contributed by atoms with Crippen LogP contribution in [0.2, 0.25) is 10.0 Å². The molecule has 0 amide bonds. The summed E-state index contributed by atoms with van der Waals surface area (Å²) in [6.07, 6.45) is 7.21. The molecule has 0 fully saturated rings. The fourth-order valence-electron chi connectivity index (χ4n) is 4.40. The van der Waals surface area contributed by atoms with E-state index in [1.165, 1.54) is 41.5 Å². The van der Waals surface area contributed by atoms with Gasteiger partial charge in [0, 0.05) is 71.9 Å². The number of halogens is 2. The van der Waals surface area contributed by atoms with Crippen LogP contribution in [0.3, 0.4) is 0 Å². The minimum atomic E-state index is -1.83. The number of rotatable bonds is 18. The van der Waals surface area contributed by atoms with Crippen LogP contribution in [-0.4, -0.2) is 70.1 Å². The Morgan fingerprint density at radius 1 is 0.571 bits per heavy atom. The van der Waals surface area contributed by atoms with E-state index in [2.05, 4.69) is 49.6 Å². The van der Waals surface area contributed by atoms with E-state index < -0.39 is 25.8 Å². The molecule has 0 saturated carbocycles. The average molecular weight is 1370 g/mol. The molecule has 27 heteroatoms. The van der Waals surface area contributed by atoms with Gasteiger partial charge in [0.2, 0.25) is 0 Å². The largest absolute Gasteiger partial charge is 3.00 e. The van der Waals surface area contributed by atoms with Gasteiger partial charge >= 0.3 is 55.0 Å². The Morgan fingerprint density at radius 2 is 0.886 bits per heavy atom. The molecule has 2 aliphatic rings. The molecule has 70 heavy (non-hydrogen) atoms. The zero-order valence-corrected chi connectivity index (χ0v) is 51.1. The molecule has 0 unspecified atom stereocenters. The van der Waals surface area contributed by atoms with Gasteiger partial charge in [0.25, 0.3) is 0 Å². The van der Waals surface area contributed by atoms with Gasteiger partial charge in [-0.1, -0.05) is 93.9 Å². The van der Waals surface area contributed by atoms with Crippen LogP contribution in [0.5, 0.6) is 11.5 Å². The molecule has 1 radical (unpaired) electrons. The topological polar surface area (TPSA) is 227 Å². The van der Waals surface area contributed by atoms with Crippen molar-refractivity contribution in [3.05, 3.63) is 117 Å². The second kappa shape index (κ2) is 43.8. The molecule has 0 spiro atoms. The van der Waals surface area contributed by atoms with Crippen molar-refractivity contribution in [2.45, 2.75) is 51.3 Å². The molecule has 391 valence electrons. The van der Waals surface area contributed by atoms with Crippen molar-refractivity contribution < 1.29 is 112 Å². The van der Waals surface area contributed by atoms with E-state index in [9.17, 15) is 24.9 Å². The first kappa shape index (κ1) is 72.9. The number of fused-ring (bicyclic) bond motifs is 1. The van der Waals surface area contributed by atoms with Gasteiger partial charge in [0.1, 0.15) is 0 Å². The van der Waals surface area contributed by atoms with E-state index in [0.29, 0.717) is 72.2 Å². The third kappa shape index (κ3) is 29.3. The third-order valence-electron chi connectivity index (χ3n) is 7.11. The summed E-state index contributed by atoms with van der Waals surface area (Å²) in [5.74, 6) is -0.346. The molecule has 6 rings (SSSR count). The number of hydrogen-bond acceptors (Lipinski definition) is 19. The van der Waals surface area contributed by atoms with Gasteiger partial charge in [-0.2, -0.15) is 18.2 Å². The van der Waals surface area contributed by atoms with Crippen LogP contribution >= 0.6 is 120 Å². The smallest absolute Gasteiger partial charge is 0.872 e. The normalized spacial score (nSPS) is 12.6. The van der Waals surface area contributed by atoms with Crippen molar-refractivity contribution in [2.24, 2.45) is 9.98 Å². The van der Waals surface area contributed by atoms with E-state index in [4.69, 9.17) is 23.2 Å². The zero-order chi connectivity index (χ0) is 49.6. The molecular weight excluding hydrogens is 1310 g/mol. The van der Waals surface area contributed by atoms with E-state index in [1.54, 1.807) is 113 Å². The summed E-state index contributed by atoms with van der Waals surface area (Å²) >= 11 is 22.7. The summed E-state index contributed by atoms with van der Waals surface area (Å²) < 4.78 is 32.5. The Morgan fingerprint density at radius 3 is 1.16 bits per heavy atom. The van der Waals surface area contributed by atoms with Crippen molar-refractivity contribution >= 4 is 143 Å². The van der Waals surface area contributed by atoms with Crippen LogP contribution in [0.4, 0.5) is 11.4 Å². The molecule has 4 aromatic rings. The average Bonchev–Trinajstić information content (AvgIpc) is 4.11. The van der Waals surface area contributed by atoms with Crippen molar-refractivity contribution in [2.75, 3.05) is 52.2 Å². The van der Waals surface area contributed by atoms with Crippen LogP contribution in [0.15, 0.2) is 116 Å². The Bertz CT molecular complexity index is 2000. The Kier molecular flexibility index (Phi) is 45.6. The van der Waals surface area contributed by atoms with Gasteiger partial charge < -0.3 is 57.5 Å². The maximum atomic E-state index is 12.3. The maximum Gasteiger partial charge on any atom is 3.00 e. The van der Waals surface area contributed by atoms with Crippen molar-refractivity contribution in [1.82, 2.24) is 0 Å². The second-order valence-electron chi connectivity index (χ2n) is 11.8. The van der Waals surface area contributed by atoms with Crippen LogP contribution in [-0.2, 0) is 43.9 Å².